The monoisotopic (exact) mass is 884 g/mol. The lowest BCUT2D eigenvalue weighted by molar-refractivity contribution is 0.669. The van der Waals surface area contributed by atoms with E-state index in [4.69, 9.17) is 4.42 Å². The van der Waals surface area contributed by atoms with Crippen molar-refractivity contribution in [3.8, 4) is 11.1 Å². The van der Waals surface area contributed by atoms with E-state index in [2.05, 4.69) is 246 Å². The van der Waals surface area contributed by atoms with Crippen LogP contribution in [-0.2, 0) is 0 Å². The molecule has 0 N–H and O–H groups in total. The number of anilines is 6. The average molecular weight is 885 g/mol. The highest BCUT2D eigenvalue weighted by atomic mass is 32.1. The molecule has 2 heterocycles. The second-order valence-electron chi connectivity index (χ2n) is 17.5. The number of para-hydroxylation sites is 3. The Morgan fingerprint density at radius 3 is 1.47 bits per heavy atom. The summed E-state index contributed by atoms with van der Waals surface area (Å²) in [6.07, 6.45) is 0. The van der Waals surface area contributed by atoms with Crippen LogP contribution in [0.1, 0.15) is 0 Å². The third-order valence-corrected chi connectivity index (χ3v) is 15.0. The molecule has 2 aromatic heterocycles. The molecule has 14 aromatic rings. The number of fused-ring (bicyclic) bond motifs is 11. The summed E-state index contributed by atoms with van der Waals surface area (Å²) in [4.78, 5) is 4.96. The van der Waals surface area contributed by atoms with Crippen molar-refractivity contribution >= 4 is 131 Å². The highest BCUT2D eigenvalue weighted by molar-refractivity contribution is 7.27. The Morgan fingerprint density at radius 1 is 0.294 bits per heavy atom. The number of rotatable bonds is 7. The third-order valence-electron chi connectivity index (χ3n) is 13.8. The summed E-state index contributed by atoms with van der Waals surface area (Å²) < 4.78 is 8.94. The molecular formula is C64H40N2OS. The van der Waals surface area contributed by atoms with E-state index in [0.717, 1.165) is 56.1 Å². The largest absolute Gasteiger partial charge is 0.456 e. The Morgan fingerprint density at radius 2 is 0.779 bits per heavy atom. The van der Waals surface area contributed by atoms with Crippen LogP contribution in [0.15, 0.2) is 247 Å². The van der Waals surface area contributed by atoms with Crippen molar-refractivity contribution in [2.24, 2.45) is 0 Å². The molecule has 0 aliphatic heterocycles. The van der Waals surface area contributed by atoms with E-state index in [1.807, 2.05) is 17.4 Å². The standard InChI is InChI=1S/C64H40N2OS/c1-3-21-43(22-4-1)65(55-34-15-30-49-54(55)39-41-19-8-10-26-46(41)61(49)53-33-18-38-60-62(53)52-29-13-14-37-59(52)67-60)56-35-16-31-50-51-32-17-36-57(64(51)68-63(50)56)66(44-23-5-2-6-24-44)58-40-42-20-7-9-25-45(42)47-27-11-12-28-48(47)58/h1-40H. The van der Waals surface area contributed by atoms with E-state index >= 15 is 0 Å². The zero-order valence-corrected chi connectivity index (χ0v) is 37.6. The van der Waals surface area contributed by atoms with Gasteiger partial charge < -0.3 is 14.2 Å². The smallest absolute Gasteiger partial charge is 0.136 e. The maximum Gasteiger partial charge on any atom is 0.136 e. The average Bonchev–Trinajstić information content (AvgIpc) is 3.99. The van der Waals surface area contributed by atoms with Gasteiger partial charge in [0, 0.05) is 43.7 Å². The molecule has 0 saturated heterocycles. The molecule has 12 aromatic carbocycles. The second kappa shape index (κ2) is 15.5. The molecule has 3 nitrogen and oxygen atoms in total. The van der Waals surface area contributed by atoms with Gasteiger partial charge in [-0.3, -0.25) is 0 Å². The van der Waals surface area contributed by atoms with Gasteiger partial charge in [-0.2, -0.15) is 0 Å². The van der Waals surface area contributed by atoms with Crippen molar-refractivity contribution in [2.75, 3.05) is 9.80 Å². The normalized spacial score (nSPS) is 11.8. The maximum atomic E-state index is 6.48. The van der Waals surface area contributed by atoms with Crippen LogP contribution >= 0.6 is 11.3 Å². The second-order valence-corrected chi connectivity index (χ2v) is 18.6. The van der Waals surface area contributed by atoms with E-state index in [1.54, 1.807) is 0 Å². The van der Waals surface area contributed by atoms with Gasteiger partial charge in [-0.05, 0) is 110 Å². The zero-order chi connectivity index (χ0) is 44.7. The Bertz CT molecular complexity index is 4290. The molecule has 0 saturated carbocycles. The van der Waals surface area contributed by atoms with E-state index in [0.29, 0.717) is 0 Å². The number of hydrogen-bond donors (Lipinski definition) is 0. The number of hydrogen-bond acceptors (Lipinski definition) is 4. The summed E-state index contributed by atoms with van der Waals surface area (Å²) in [5.41, 5.74) is 10.9. The molecule has 68 heavy (non-hydrogen) atoms. The number of furan rings is 1. The van der Waals surface area contributed by atoms with Crippen LogP contribution in [0.4, 0.5) is 34.1 Å². The van der Waals surface area contributed by atoms with Crippen LogP contribution in [0.5, 0.6) is 0 Å². The van der Waals surface area contributed by atoms with Gasteiger partial charge in [0.25, 0.3) is 0 Å². The molecule has 0 fully saturated rings. The molecular weight excluding hydrogens is 845 g/mol. The van der Waals surface area contributed by atoms with Gasteiger partial charge >= 0.3 is 0 Å². The Hall–Kier alpha value is -8.70. The summed E-state index contributed by atoms with van der Waals surface area (Å²) in [6.45, 7) is 0. The maximum absolute atomic E-state index is 6.48. The van der Waals surface area contributed by atoms with Crippen LogP contribution in [-0.4, -0.2) is 0 Å². The Balaban J connectivity index is 1.03. The van der Waals surface area contributed by atoms with E-state index in [1.165, 1.54) is 74.4 Å². The highest BCUT2D eigenvalue weighted by Gasteiger charge is 2.25. The first-order valence-electron chi connectivity index (χ1n) is 23.2. The van der Waals surface area contributed by atoms with Crippen molar-refractivity contribution in [1.29, 1.82) is 0 Å². The first kappa shape index (κ1) is 38.6. The minimum Gasteiger partial charge on any atom is -0.456 e. The van der Waals surface area contributed by atoms with E-state index in [9.17, 15) is 0 Å². The molecule has 0 unspecified atom stereocenters. The van der Waals surface area contributed by atoms with Crippen LogP contribution in [0.2, 0.25) is 0 Å². The fraction of sp³-hybridized carbons (Fsp3) is 0. The predicted octanol–water partition coefficient (Wildman–Crippen LogP) is 19.2. The Kier molecular flexibility index (Phi) is 8.76. The van der Waals surface area contributed by atoms with Crippen molar-refractivity contribution in [3.63, 3.8) is 0 Å². The molecule has 0 aliphatic rings. The Labute approximate surface area is 396 Å². The topological polar surface area (TPSA) is 19.6 Å². The van der Waals surface area contributed by atoms with Gasteiger partial charge in [-0.1, -0.05) is 176 Å². The minimum atomic E-state index is 0.891. The SMILES string of the molecule is c1ccc(N(c2cccc3c(-c4cccc5oc6ccccc6c45)c4ccccc4cc23)c2cccc3c2sc2c(N(c4ccccc4)c4cc5ccccc5c5ccccc45)cccc23)cc1. The van der Waals surface area contributed by atoms with Crippen molar-refractivity contribution in [2.45, 2.75) is 0 Å². The molecule has 0 spiro atoms. The summed E-state index contributed by atoms with van der Waals surface area (Å²) in [6, 6.07) is 88.2. The van der Waals surface area contributed by atoms with Crippen LogP contribution in [0.25, 0.3) is 96.3 Å². The molecule has 318 valence electrons. The molecule has 0 aliphatic carbocycles. The summed E-state index contributed by atoms with van der Waals surface area (Å²) in [5.74, 6) is 0. The van der Waals surface area contributed by atoms with E-state index < -0.39 is 0 Å². The van der Waals surface area contributed by atoms with E-state index in [-0.39, 0.29) is 0 Å². The molecule has 14 rings (SSSR count). The quantitative estimate of drug-likeness (QED) is 0.117. The summed E-state index contributed by atoms with van der Waals surface area (Å²) in [5, 5.41) is 14.4. The lowest BCUT2D eigenvalue weighted by Gasteiger charge is -2.28. The zero-order valence-electron chi connectivity index (χ0n) is 36.8. The van der Waals surface area contributed by atoms with Crippen LogP contribution in [0, 0.1) is 0 Å². The van der Waals surface area contributed by atoms with Gasteiger partial charge in [0.15, 0.2) is 0 Å². The highest BCUT2D eigenvalue weighted by Crippen LogP contribution is 2.52. The van der Waals surface area contributed by atoms with Gasteiger partial charge in [-0.15, -0.1) is 11.3 Å². The first-order valence-corrected chi connectivity index (χ1v) is 24.0. The molecule has 0 atom stereocenters. The van der Waals surface area contributed by atoms with Gasteiger partial charge in [0.2, 0.25) is 0 Å². The molecule has 0 bridgehead atoms. The fourth-order valence-corrected chi connectivity index (χ4v) is 12.2. The minimum absolute atomic E-state index is 0.891. The van der Waals surface area contributed by atoms with Crippen molar-refractivity contribution < 1.29 is 4.42 Å². The van der Waals surface area contributed by atoms with Gasteiger partial charge in [0.1, 0.15) is 11.2 Å². The van der Waals surface area contributed by atoms with Gasteiger partial charge in [-0.25, -0.2) is 0 Å². The molecule has 0 amide bonds. The van der Waals surface area contributed by atoms with Crippen molar-refractivity contribution in [3.05, 3.63) is 243 Å². The number of thiophene rings is 1. The predicted molar refractivity (Wildman–Crippen MR) is 291 cm³/mol. The molecule has 4 heteroatoms. The first-order chi connectivity index (χ1) is 33.8. The summed E-state index contributed by atoms with van der Waals surface area (Å²) in [7, 11) is 0. The van der Waals surface area contributed by atoms with Gasteiger partial charge in [0.05, 0.1) is 32.1 Å². The lowest BCUT2D eigenvalue weighted by atomic mass is 9.89. The number of benzene rings is 12. The summed E-state index contributed by atoms with van der Waals surface area (Å²) >= 11 is 1.88. The lowest BCUT2D eigenvalue weighted by Crippen LogP contribution is -2.10. The number of nitrogens with zero attached hydrogens (tertiary/aromatic N) is 2. The molecule has 0 radical (unpaired) electrons. The third kappa shape index (κ3) is 5.91. The van der Waals surface area contributed by atoms with Crippen LogP contribution < -0.4 is 9.80 Å². The fourth-order valence-electron chi connectivity index (χ4n) is 10.9. The van der Waals surface area contributed by atoms with Crippen molar-refractivity contribution in [1.82, 2.24) is 0 Å². The van der Waals surface area contributed by atoms with Crippen LogP contribution in [0.3, 0.4) is 0 Å².